The maximum atomic E-state index is 10.8. The van der Waals surface area contributed by atoms with Gasteiger partial charge in [0.2, 0.25) is 0 Å². The van der Waals surface area contributed by atoms with E-state index >= 15 is 0 Å². The summed E-state index contributed by atoms with van der Waals surface area (Å²) in [5, 5.41) is 19.2. The van der Waals surface area contributed by atoms with Gasteiger partial charge in [0.1, 0.15) is 18.5 Å². The zero-order chi connectivity index (χ0) is 21.5. The van der Waals surface area contributed by atoms with Crippen molar-refractivity contribution in [2.45, 2.75) is 20.0 Å². The van der Waals surface area contributed by atoms with E-state index < -0.39 is 12.1 Å². The van der Waals surface area contributed by atoms with E-state index in [1.54, 1.807) is 19.1 Å². The minimum Gasteiger partial charge on any atom is -0.491 e. The van der Waals surface area contributed by atoms with Gasteiger partial charge in [-0.25, -0.2) is 4.79 Å². The van der Waals surface area contributed by atoms with Gasteiger partial charge in [-0.3, -0.25) is 4.90 Å². The molecule has 0 bridgehead atoms. The smallest absolute Gasteiger partial charge is 0.328 e. The number of aryl methyl sites for hydroxylation is 1. The summed E-state index contributed by atoms with van der Waals surface area (Å²) in [4.78, 5) is 15.4. The molecule has 6 nitrogen and oxygen atoms in total. The topological polar surface area (TPSA) is 73.2 Å². The number of aliphatic hydroxyl groups excluding tert-OH is 1. The van der Waals surface area contributed by atoms with Gasteiger partial charge < -0.3 is 19.8 Å². The first kappa shape index (κ1) is 21.9. The highest BCUT2D eigenvalue weighted by atomic mass is 16.5. The molecule has 1 atom stereocenters. The number of aliphatic carboxylic acids is 1. The van der Waals surface area contributed by atoms with Crippen LogP contribution in [0.25, 0.3) is 5.57 Å². The van der Waals surface area contributed by atoms with Crippen molar-refractivity contribution < 1.29 is 19.7 Å². The van der Waals surface area contributed by atoms with Crippen LogP contribution >= 0.6 is 0 Å². The summed E-state index contributed by atoms with van der Waals surface area (Å²) in [5.41, 5.74) is 4.09. The fraction of sp³-hybridized carbons (Fsp3) is 0.375. The summed E-state index contributed by atoms with van der Waals surface area (Å²) in [5.74, 6) is -0.305. The predicted octanol–water partition coefficient (Wildman–Crippen LogP) is 3.04. The second-order valence-electron chi connectivity index (χ2n) is 7.73. The number of hydrogen-bond donors (Lipinski definition) is 2. The summed E-state index contributed by atoms with van der Waals surface area (Å²) in [6.07, 6.45) is 0.613. The van der Waals surface area contributed by atoms with Crippen molar-refractivity contribution in [3.05, 3.63) is 65.7 Å². The summed E-state index contributed by atoms with van der Waals surface area (Å²) in [6.45, 7) is 8.42. The molecule has 160 valence electrons. The molecule has 1 saturated heterocycles. The monoisotopic (exact) mass is 410 g/mol. The lowest BCUT2D eigenvalue weighted by Gasteiger charge is -2.37. The van der Waals surface area contributed by atoms with Gasteiger partial charge in [0.25, 0.3) is 0 Å². The zero-order valence-corrected chi connectivity index (χ0v) is 17.6. The second-order valence-corrected chi connectivity index (χ2v) is 7.73. The molecule has 2 aromatic carbocycles. The van der Waals surface area contributed by atoms with Gasteiger partial charge in [-0.05, 0) is 48.7 Å². The average Bonchev–Trinajstić information content (AvgIpc) is 2.73. The van der Waals surface area contributed by atoms with E-state index in [4.69, 9.17) is 9.84 Å². The maximum Gasteiger partial charge on any atom is 0.328 e. The molecule has 3 rings (SSSR count). The highest BCUT2D eigenvalue weighted by Crippen LogP contribution is 2.21. The first-order chi connectivity index (χ1) is 14.4. The number of β-amino-alcohol motifs (C(OH)–C–C–N with tert-alkyl or cyclic N) is 1. The third-order valence-electron chi connectivity index (χ3n) is 5.39. The molecule has 30 heavy (non-hydrogen) atoms. The third-order valence-corrected chi connectivity index (χ3v) is 5.39. The Labute approximate surface area is 178 Å². The normalized spacial score (nSPS) is 16.4. The molecule has 2 aromatic rings. The van der Waals surface area contributed by atoms with Gasteiger partial charge in [-0.15, -0.1) is 0 Å². The lowest BCUT2D eigenvalue weighted by atomic mass is 10.1. The Kier molecular flexibility index (Phi) is 7.49. The van der Waals surface area contributed by atoms with Crippen molar-refractivity contribution in [2.75, 3.05) is 44.2 Å². The van der Waals surface area contributed by atoms with Crippen LogP contribution in [0, 0.1) is 6.92 Å². The van der Waals surface area contributed by atoms with Crippen LogP contribution in [0.1, 0.15) is 18.1 Å². The Morgan fingerprint density at radius 2 is 1.77 bits per heavy atom. The lowest BCUT2D eigenvalue weighted by molar-refractivity contribution is -0.131. The Morgan fingerprint density at radius 3 is 2.40 bits per heavy atom. The number of carbonyl (C=O) groups is 1. The first-order valence-electron chi connectivity index (χ1n) is 10.3. The number of hydrogen-bond acceptors (Lipinski definition) is 5. The van der Waals surface area contributed by atoms with Crippen LogP contribution in [-0.4, -0.2) is 66.5 Å². The van der Waals surface area contributed by atoms with E-state index in [1.165, 1.54) is 17.3 Å². The number of piperazine rings is 1. The van der Waals surface area contributed by atoms with E-state index in [2.05, 4.69) is 41.0 Å². The Balaban J connectivity index is 1.43. The van der Waals surface area contributed by atoms with E-state index in [-0.39, 0.29) is 6.61 Å². The van der Waals surface area contributed by atoms with Gasteiger partial charge in [-0.2, -0.15) is 0 Å². The molecular formula is C24H30N2O4. The number of carboxylic acids is 1. The molecule has 1 aliphatic rings. The van der Waals surface area contributed by atoms with Crippen LogP contribution in [-0.2, 0) is 4.79 Å². The highest BCUT2D eigenvalue weighted by Gasteiger charge is 2.20. The van der Waals surface area contributed by atoms with Gasteiger partial charge in [0, 0.05) is 44.5 Å². The molecule has 0 aliphatic carbocycles. The third kappa shape index (κ3) is 6.08. The molecular weight excluding hydrogens is 380 g/mol. The summed E-state index contributed by atoms with van der Waals surface area (Å²) in [7, 11) is 0. The quantitative estimate of drug-likeness (QED) is 0.652. The number of rotatable bonds is 8. The molecule has 0 saturated carbocycles. The van der Waals surface area contributed by atoms with E-state index in [0.29, 0.717) is 17.9 Å². The van der Waals surface area contributed by atoms with Crippen LogP contribution in [0.15, 0.2) is 54.6 Å². The number of ether oxygens (including phenoxy) is 1. The van der Waals surface area contributed by atoms with Crippen molar-refractivity contribution in [1.82, 2.24) is 4.90 Å². The molecule has 1 aliphatic heterocycles. The summed E-state index contributed by atoms with van der Waals surface area (Å²) in [6, 6.07) is 15.7. The predicted molar refractivity (Wildman–Crippen MR) is 119 cm³/mol. The Bertz CT molecular complexity index is 871. The molecule has 6 heteroatoms. The number of nitrogens with zero attached hydrogens (tertiary/aromatic N) is 2. The molecule has 0 spiro atoms. The van der Waals surface area contributed by atoms with Crippen LogP contribution in [0.3, 0.4) is 0 Å². The molecule has 0 radical (unpaired) electrons. The number of para-hydroxylation sites is 1. The largest absolute Gasteiger partial charge is 0.491 e. The SMILES string of the molecule is CC(=CC(=O)O)c1ccc(OCC(O)CN2CCN(c3ccccc3C)CC2)cc1. The fourth-order valence-electron chi connectivity index (χ4n) is 3.72. The number of aliphatic hydroxyl groups is 1. The highest BCUT2D eigenvalue weighted by molar-refractivity contribution is 5.89. The van der Waals surface area contributed by atoms with Crippen molar-refractivity contribution in [3.63, 3.8) is 0 Å². The molecule has 2 N–H and O–H groups in total. The van der Waals surface area contributed by atoms with Gasteiger partial charge in [0.05, 0.1) is 0 Å². The fourth-order valence-corrected chi connectivity index (χ4v) is 3.72. The molecule has 1 heterocycles. The van der Waals surface area contributed by atoms with Crippen molar-refractivity contribution in [2.24, 2.45) is 0 Å². The van der Waals surface area contributed by atoms with Crippen molar-refractivity contribution in [1.29, 1.82) is 0 Å². The molecule has 1 unspecified atom stereocenters. The molecule has 1 fully saturated rings. The number of anilines is 1. The number of carboxylic acid groups (broad SMARTS) is 1. The van der Waals surface area contributed by atoms with Crippen molar-refractivity contribution in [3.8, 4) is 5.75 Å². The van der Waals surface area contributed by atoms with Crippen LogP contribution in [0.5, 0.6) is 5.75 Å². The molecule has 0 amide bonds. The number of benzene rings is 2. The molecule has 0 aromatic heterocycles. The van der Waals surface area contributed by atoms with Gasteiger partial charge in [0.15, 0.2) is 0 Å². The van der Waals surface area contributed by atoms with E-state index in [0.717, 1.165) is 31.7 Å². The van der Waals surface area contributed by atoms with Crippen LogP contribution in [0.2, 0.25) is 0 Å². The van der Waals surface area contributed by atoms with Crippen LogP contribution < -0.4 is 9.64 Å². The minimum atomic E-state index is -0.962. The second kappa shape index (κ2) is 10.3. The first-order valence-corrected chi connectivity index (χ1v) is 10.3. The Morgan fingerprint density at radius 1 is 1.10 bits per heavy atom. The van der Waals surface area contributed by atoms with E-state index in [1.807, 2.05) is 12.1 Å². The Hall–Kier alpha value is -2.83. The lowest BCUT2D eigenvalue weighted by Crippen LogP contribution is -2.49. The summed E-state index contributed by atoms with van der Waals surface area (Å²) >= 11 is 0. The van der Waals surface area contributed by atoms with Crippen molar-refractivity contribution >= 4 is 17.2 Å². The average molecular weight is 411 g/mol. The summed E-state index contributed by atoms with van der Waals surface area (Å²) < 4.78 is 5.71. The van der Waals surface area contributed by atoms with Gasteiger partial charge in [-0.1, -0.05) is 30.3 Å². The van der Waals surface area contributed by atoms with E-state index in [9.17, 15) is 9.90 Å². The standard InChI is InChI=1S/C24H30N2O4/c1-18-5-3-4-6-23(18)26-13-11-25(12-14-26)16-21(27)17-30-22-9-7-20(8-10-22)19(2)15-24(28)29/h3-10,15,21,27H,11-14,16-17H2,1-2H3,(H,28,29). The van der Waals surface area contributed by atoms with Crippen LogP contribution in [0.4, 0.5) is 5.69 Å². The number of allylic oxidation sites excluding steroid dienone is 1. The zero-order valence-electron chi connectivity index (χ0n) is 17.6. The van der Waals surface area contributed by atoms with Gasteiger partial charge >= 0.3 is 5.97 Å². The maximum absolute atomic E-state index is 10.8. The minimum absolute atomic E-state index is 0.224.